The highest BCUT2D eigenvalue weighted by Gasteiger charge is 2.14. The van der Waals surface area contributed by atoms with Crippen molar-refractivity contribution in [3.05, 3.63) is 6.20 Å². The van der Waals surface area contributed by atoms with Crippen LogP contribution in [0.25, 0.3) is 11.0 Å². The minimum Gasteiger partial charge on any atom is -0.369 e. The van der Waals surface area contributed by atoms with Gasteiger partial charge >= 0.3 is 0 Å². The van der Waals surface area contributed by atoms with Gasteiger partial charge in [-0.15, -0.1) is 0 Å². The van der Waals surface area contributed by atoms with Crippen molar-refractivity contribution in [2.45, 2.75) is 64.4 Å². The van der Waals surface area contributed by atoms with Gasteiger partial charge in [-0.3, -0.25) is 4.79 Å². The average molecular weight is 379 g/mol. The van der Waals surface area contributed by atoms with E-state index in [1.54, 1.807) is 18.0 Å². The maximum Gasteiger partial charge on any atom is 0.220 e. The molecule has 0 unspecified atom stereocenters. The van der Waals surface area contributed by atoms with Gasteiger partial charge in [0.15, 0.2) is 10.8 Å². The van der Waals surface area contributed by atoms with E-state index >= 15 is 0 Å². The van der Waals surface area contributed by atoms with Crippen molar-refractivity contribution in [3.63, 3.8) is 0 Å². The summed E-state index contributed by atoms with van der Waals surface area (Å²) in [5.41, 5.74) is 0.805. The van der Waals surface area contributed by atoms with Crippen LogP contribution >= 0.6 is 11.8 Å². The van der Waals surface area contributed by atoms with Crippen molar-refractivity contribution in [2.75, 3.05) is 18.4 Å². The predicted octanol–water partition coefficient (Wildman–Crippen LogP) is 3.31. The number of fused-ring (bicyclic) bond motifs is 1. The number of hydrogen-bond donors (Lipinski definition) is 2. The first-order valence-corrected chi connectivity index (χ1v) is 10.2. The molecule has 2 aromatic rings. The van der Waals surface area contributed by atoms with Crippen LogP contribution in [0.15, 0.2) is 11.4 Å². The van der Waals surface area contributed by atoms with Crippen LogP contribution in [0, 0.1) is 5.92 Å². The van der Waals surface area contributed by atoms with E-state index in [9.17, 15) is 4.79 Å². The number of anilines is 1. The SMILES string of the molecule is CCCC(=O)NCCn1ncc2c(NCC(C)C)nc(SC(C)C)nc21. The monoisotopic (exact) mass is 378 g/mol. The van der Waals surface area contributed by atoms with E-state index in [2.05, 4.69) is 48.4 Å². The minimum absolute atomic E-state index is 0.0777. The molecule has 0 aliphatic carbocycles. The molecule has 0 radical (unpaired) electrons. The molecule has 26 heavy (non-hydrogen) atoms. The van der Waals surface area contributed by atoms with Gasteiger partial charge in [-0.05, 0) is 12.3 Å². The normalized spacial score (nSPS) is 11.5. The molecule has 2 rings (SSSR count). The summed E-state index contributed by atoms with van der Waals surface area (Å²) in [5.74, 6) is 1.42. The quantitative estimate of drug-likeness (QED) is 0.487. The van der Waals surface area contributed by atoms with E-state index in [1.165, 1.54) is 0 Å². The summed E-state index contributed by atoms with van der Waals surface area (Å²) < 4.78 is 1.84. The van der Waals surface area contributed by atoms with Crippen molar-refractivity contribution in [2.24, 2.45) is 5.92 Å². The fourth-order valence-corrected chi connectivity index (χ4v) is 3.12. The number of nitrogens with one attached hydrogen (secondary N) is 2. The smallest absolute Gasteiger partial charge is 0.220 e. The zero-order valence-corrected chi connectivity index (χ0v) is 17.2. The summed E-state index contributed by atoms with van der Waals surface area (Å²) in [7, 11) is 0. The molecule has 2 aromatic heterocycles. The molecule has 1 amide bonds. The lowest BCUT2D eigenvalue weighted by Gasteiger charge is -2.12. The minimum atomic E-state index is 0.0777. The fraction of sp³-hybridized carbons (Fsp3) is 0.667. The molecule has 0 aliphatic heterocycles. The Morgan fingerprint density at radius 1 is 1.27 bits per heavy atom. The van der Waals surface area contributed by atoms with Crippen molar-refractivity contribution >= 4 is 34.5 Å². The van der Waals surface area contributed by atoms with E-state index in [4.69, 9.17) is 4.98 Å². The average Bonchev–Trinajstić information content (AvgIpc) is 2.95. The number of carbonyl (C=O) groups is 1. The fourth-order valence-electron chi connectivity index (χ4n) is 2.41. The third kappa shape index (κ3) is 5.86. The zero-order valence-electron chi connectivity index (χ0n) is 16.4. The highest BCUT2D eigenvalue weighted by Crippen LogP contribution is 2.26. The van der Waals surface area contributed by atoms with E-state index in [-0.39, 0.29) is 5.91 Å². The van der Waals surface area contributed by atoms with Gasteiger partial charge in [0.25, 0.3) is 0 Å². The van der Waals surface area contributed by atoms with E-state index < -0.39 is 0 Å². The standard InChI is InChI=1S/C18H30N6OS/c1-6-7-15(25)19-8-9-24-17-14(11-21-24)16(20-10-12(2)3)22-18(23-17)26-13(4)5/h11-13H,6-10H2,1-5H3,(H,19,25)(H,20,22,23). The zero-order chi connectivity index (χ0) is 19.1. The molecule has 8 heteroatoms. The van der Waals surface area contributed by atoms with Gasteiger partial charge in [0, 0.05) is 24.8 Å². The van der Waals surface area contributed by atoms with Crippen LogP contribution in [-0.2, 0) is 11.3 Å². The summed E-state index contributed by atoms with van der Waals surface area (Å²) >= 11 is 1.64. The molecule has 0 saturated heterocycles. The summed E-state index contributed by atoms with van der Waals surface area (Å²) in [6.45, 7) is 12.6. The van der Waals surface area contributed by atoms with Crippen LogP contribution in [0.3, 0.4) is 0 Å². The molecular formula is C18H30N6OS. The molecule has 2 N–H and O–H groups in total. The number of aromatic nitrogens is 4. The third-order valence-corrected chi connectivity index (χ3v) is 4.48. The topological polar surface area (TPSA) is 84.7 Å². The number of carbonyl (C=O) groups excluding carboxylic acids is 1. The molecule has 0 bridgehead atoms. The molecule has 2 heterocycles. The summed E-state index contributed by atoms with van der Waals surface area (Å²) in [6, 6.07) is 0. The van der Waals surface area contributed by atoms with Gasteiger partial charge in [0.1, 0.15) is 5.82 Å². The highest BCUT2D eigenvalue weighted by molar-refractivity contribution is 7.99. The third-order valence-electron chi connectivity index (χ3n) is 3.62. The highest BCUT2D eigenvalue weighted by atomic mass is 32.2. The summed E-state index contributed by atoms with van der Waals surface area (Å²) in [4.78, 5) is 21.0. The molecule has 0 fully saturated rings. The van der Waals surface area contributed by atoms with Gasteiger partial charge in [-0.1, -0.05) is 46.4 Å². The number of rotatable bonds is 10. The molecule has 0 saturated carbocycles. The van der Waals surface area contributed by atoms with Gasteiger partial charge in [-0.25, -0.2) is 14.6 Å². The predicted molar refractivity (Wildman–Crippen MR) is 108 cm³/mol. The van der Waals surface area contributed by atoms with E-state index in [0.717, 1.165) is 35.0 Å². The molecular weight excluding hydrogens is 348 g/mol. The Balaban J connectivity index is 2.22. The first-order chi connectivity index (χ1) is 12.4. The van der Waals surface area contributed by atoms with Crippen molar-refractivity contribution < 1.29 is 4.79 Å². The van der Waals surface area contributed by atoms with E-state index in [0.29, 0.717) is 30.7 Å². The van der Waals surface area contributed by atoms with Crippen molar-refractivity contribution in [3.8, 4) is 0 Å². The Morgan fingerprint density at radius 3 is 2.69 bits per heavy atom. The van der Waals surface area contributed by atoms with Crippen LogP contribution < -0.4 is 10.6 Å². The maximum absolute atomic E-state index is 11.6. The second-order valence-corrected chi connectivity index (χ2v) is 8.54. The van der Waals surface area contributed by atoms with Gasteiger partial charge in [0.05, 0.1) is 18.1 Å². The summed E-state index contributed by atoms with van der Waals surface area (Å²) in [6.07, 6.45) is 3.21. The Kier molecular flexibility index (Phi) is 7.68. The van der Waals surface area contributed by atoms with Crippen LogP contribution in [0.4, 0.5) is 5.82 Å². The van der Waals surface area contributed by atoms with Gasteiger partial charge < -0.3 is 10.6 Å². The van der Waals surface area contributed by atoms with E-state index in [1.807, 2.05) is 11.6 Å². The van der Waals surface area contributed by atoms with Gasteiger partial charge in [-0.2, -0.15) is 5.10 Å². The summed E-state index contributed by atoms with van der Waals surface area (Å²) in [5, 5.41) is 12.9. The van der Waals surface area contributed by atoms with Gasteiger partial charge in [0.2, 0.25) is 5.91 Å². The largest absolute Gasteiger partial charge is 0.369 e. The molecule has 0 aliphatic rings. The number of amides is 1. The van der Waals surface area contributed by atoms with Crippen LogP contribution in [-0.4, -0.2) is 44.0 Å². The molecule has 7 nitrogen and oxygen atoms in total. The number of hydrogen-bond acceptors (Lipinski definition) is 6. The van der Waals surface area contributed by atoms with Crippen molar-refractivity contribution in [1.82, 2.24) is 25.1 Å². The molecule has 0 atom stereocenters. The lowest BCUT2D eigenvalue weighted by atomic mass is 10.2. The lowest BCUT2D eigenvalue weighted by Crippen LogP contribution is -2.27. The second-order valence-electron chi connectivity index (χ2n) is 7.00. The number of nitrogens with zero attached hydrogens (tertiary/aromatic N) is 4. The van der Waals surface area contributed by atoms with Crippen LogP contribution in [0.1, 0.15) is 47.5 Å². The Morgan fingerprint density at radius 2 is 2.04 bits per heavy atom. The Bertz CT molecular complexity index is 728. The number of thioether (sulfide) groups is 1. The first kappa shape index (κ1) is 20.5. The molecule has 0 spiro atoms. The van der Waals surface area contributed by atoms with Crippen molar-refractivity contribution in [1.29, 1.82) is 0 Å². The Hall–Kier alpha value is -1.83. The second kappa shape index (κ2) is 9.75. The lowest BCUT2D eigenvalue weighted by molar-refractivity contribution is -0.121. The Labute approximate surface area is 159 Å². The molecule has 0 aromatic carbocycles. The maximum atomic E-state index is 11.6. The van der Waals surface area contributed by atoms with Crippen LogP contribution in [0.5, 0.6) is 0 Å². The first-order valence-electron chi connectivity index (χ1n) is 9.31. The molecule has 144 valence electrons. The van der Waals surface area contributed by atoms with Crippen LogP contribution in [0.2, 0.25) is 0 Å².